The molecule has 3 N–H and O–H groups in total. The minimum Gasteiger partial charge on any atom is -0.374 e. The van der Waals surface area contributed by atoms with Gasteiger partial charge in [-0.3, -0.25) is 10.1 Å². The maximum absolute atomic E-state index is 12.0. The van der Waals surface area contributed by atoms with Gasteiger partial charge in [0.2, 0.25) is 5.91 Å². The van der Waals surface area contributed by atoms with Gasteiger partial charge in [0.05, 0.1) is 0 Å². The van der Waals surface area contributed by atoms with Crippen molar-refractivity contribution in [1.29, 1.82) is 0 Å². The van der Waals surface area contributed by atoms with Gasteiger partial charge in [-0.15, -0.1) is 0 Å². The number of fused-ring (bicyclic) bond motifs is 3. The van der Waals surface area contributed by atoms with Gasteiger partial charge in [0.1, 0.15) is 6.04 Å². The van der Waals surface area contributed by atoms with Crippen LogP contribution >= 0.6 is 0 Å². The van der Waals surface area contributed by atoms with Gasteiger partial charge in [-0.25, -0.2) is 4.79 Å². The molecule has 0 spiro atoms. The lowest BCUT2D eigenvalue weighted by atomic mass is 10.1. The molecule has 0 saturated carbocycles. The van der Waals surface area contributed by atoms with Crippen LogP contribution in [0, 0.1) is 0 Å². The van der Waals surface area contributed by atoms with E-state index >= 15 is 0 Å². The number of imide groups is 1. The van der Waals surface area contributed by atoms with E-state index in [4.69, 9.17) is 0 Å². The van der Waals surface area contributed by atoms with Gasteiger partial charge >= 0.3 is 6.03 Å². The van der Waals surface area contributed by atoms with Gasteiger partial charge in [0, 0.05) is 41.1 Å². The molecular weight excluding hydrogens is 316 g/mol. The summed E-state index contributed by atoms with van der Waals surface area (Å²) in [6.45, 7) is 4.74. The van der Waals surface area contributed by atoms with E-state index in [0.29, 0.717) is 0 Å². The van der Waals surface area contributed by atoms with Crippen LogP contribution in [0.1, 0.15) is 13.8 Å². The normalized spacial score (nSPS) is 12.1. The van der Waals surface area contributed by atoms with E-state index in [1.807, 2.05) is 24.3 Å². The SMILES string of the molecule is CCn1c2ccccc2c2cc(NC(C)C(=O)NC(=O)NC)ccc21. The number of anilines is 1. The fraction of sp³-hybridized carbons (Fsp3) is 0.263. The molecule has 1 unspecified atom stereocenters. The predicted molar refractivity (Wildman–Crippen MR) is 101 cm³/mol. The summed E-state index contributed by atoms with van der Waals surface area (Å²) >= 11 is 0. The van der Waals surface area contributed by atoms with Gasteiger partial charge in [0.25, 0.3) is 0 Å². The van der Waals surface area contributed by atoms with Crippen molar-refractivity contribution < 1.29 is 9.59 Å². The standard InChI is InChI=1S/C19H22N4O2/c1-4-23-16-8-6-5-7-14(16)15-11-13(9-10-17(15)23)21-12(2)18(24)22-19(25)20-3/h5-12,21H,4H2,1-3H3,(H2,20,22,24,25). The van der Waals surface area contributed by atoms with Gasteiger partial charge < -0.3 is 15.2 Å². The molecule has 3 rings (SSSR count). The first-order valence-electron chi connectivity index (χ1n) is 8.35. The smallest absolute Gasteiger partial charge is 0.321 e. The monoisotopic (exact) mass is 338 g/mol. The minimum atomic E-state index is -0.533. The van der Waals surface area contributed by atoms with E-state index in [1.54, 1.807) is 6.92 Å². The molecule has 0 aliphatic rings. The lowest BCUT2D eigenvalue weighted by Crippen LogP contribution is -2.44. The Bertz CT molecular complexity index is 945. The van der Waals surface area contributed by atoms with Crippen molar-refractivity contribution >= 4 is 39.4 Å². The zero-order valence-electron chi connectivity index (χ0n) is 14.6. The van der Waals surface area contributed by atoms with E-state index < -0.39 is 12.1 Å². The van der Waals surface area contributed by atoms with Gasteiger partial charge in [-0.2, -0.15) is 0 Å². The summed E-state index contributed by atoms with van der Waals surface area (Å²) in [6, 6.07) is 13.3. The van der Waals surface area contributed by atoms with Gasteiger partial charge in [-0.05, 0) is 38.1 Å². The number of benzene rings is 2. The van der Waals surface area contributed by atoms with Crippen molar-refractivity contribution in [3.05, 3.63) is 42.5 Å². The van der Waals surface area contributed by atoms with Crippen LogP contribution in [0.15, 0.2) is 42.5 Å². The Kier molecular flexibility index (Phi) is 4.61. The Morgan fingerprint density at radius 3 is 2.52 bits per heavy atom. The fourth-order valence-corrected chi connectivity index (χ4v) is 3.08. The summed E-state index contributed by atoms with van der Waals surface area (Å²) in [6.07, 6.45) is 0. The number of hydrogen-bond acceptors (Lipinski definition) is 3. The summed E-state index contributed by atoms with van der Waals surface area (Å²) in [5.74, 6) is -0.379. The first-order chi connectivity index (χ1) is 12.0. The Morgan fingerprint density at radius 1 is 1.08 bits per heavy atom. The minimum absolute atomic E-state index is 0.379. The Morgan fingerprint density at radius 2 is 1.80 bits per heavy atom. The van der Waals surface area contributed by atoms with Crippen LogP contribution in [0.3, 0.4) is 0 Å². The number of rotatable bonds is 4. The number of aromatic nitrogens is 1. The number of aryl methyl sites for hydroxylation is 1. The van der Waals surface area contributed by atoms with Crippen molar-refractivity contribution in [3.63, 3.8) is 0 Å². The second-order valence-corrected chi connectivity index (χ2v) is 5.93. The molecule has 0 radical (unpaired) electrons. The van der Waals surface area contributed by atoms with Crippen molar-refractivity contribution in [1.82, 2.24) is 15.2 Å². The summed E-state index contributed by atoms with van der Waals surface area (Å²) < 4.78 is 2.27. The van der Waals surface area contributed by atoms with Crippen LogP contribution in [0.5, 0.6) is 0 Å². The average molecular weight is 338 g/mol. The molecular formula is C19H22N4O2. The number of hydrogen-bond donors (Lipinski definition) is 3. The van der Waals surface area contributed by atoms with Crippen LogP contribution in [0.2, 0.25) is 0 Å². The molecule has 0 fully saturated rings. The molecule has 0 saturated heterocycles. The summed E-state index contributed by atoms with van der Waals surface area (Å²) in [4.78, 5) is 23.3. The molecule has 3 amide bonds. The van der Waals surface area contributed by atoms with Crippen LogP contribution < -0.4 is 16.0 Å². The first kappa shape index (κ1) is 16.8. The molecule has 1 atom stereocenters. The van der Waals surface area contributed by atoms with Gasteiger partial charge in [-0.1, -0.05) is 18.2 Å². The van der Waals surface area contributed by atoms with Crippen molar-refractivity contribution in [2.24, 2.45) is 0 Å². The van der Waals surface area contributed by atoms with Crippen molar-refractivity contribution in [3.8, 4) is 0 Å². The fourth-order valence-electron chi connectivity index (χ4n) is 3.08. The zero-order chi connectivity index (χ0) is 18.0. The maximum atomic E-state index is 12.0. The summed E-state index contributed by atoms with van der Waals surface area (Å²) in [7, 11) is 1.47. The number of nitrogens with zero attached hydrogens (tertiary/aromatic N) is 1. The van der Waals surface area contributed by atoms with Crippen LogP contribution in [-0.4, -0.2) is 29.6 Å². The zero-order valence-corrected chi connectivity index (χ0v) is 14.6. The van der Waals surface area contributed by atoms with E-state index in [0.717, 1.165) is 23.1 Å². The third-order valence-electron chi connectivity index (χ3n) is 4.33. The van der Waals surface area contributed by atoms with E-state index in [9.17, 15) is 9.59 Å². The number of nitrogens with one attached hydrogen (secondary N) is 3. The maximum Gasteiger partial charge on any atom is 0.321 e. The molecule has 2 aromatic carbocycles. The average Bonchev–Trinajstić information content (AvgIpc) is 2.94. The molecule has 0 bridgehead atoms. The lowest BCUT2D eigenvalue weighted by Gasteiger charge is -2.15. The van der Waals surface area contributed by atoms with Crippen LogP contribution in [0.4, 0.5) is 10.5 Å². The number of para-hydroxylation sites is 1. The van der Waals surface area contributed by atoms with E-state index in [2.05, 4.69) is 45.6 Å². The molecule has 1 heterocycles. The Hall–Kier alpha value is -3.02. The van der Waals surface area contributed by atoms with E-state index in [-0.39, 0.29) is 5.91 Å². The Labute approximate surface area is 146 Å². The summed E-state index contributed by atoms with van der Waals surface area (Å²) in [5, 5.41) is 10.1. The second-order valence-electron chi connectivity index (χ2n) is 5.93. The third kappa shape index (κ3) is 3.15. The number of carbonyl (C=O) groups excluding carboxylic acids is 2. The van der Waals surface area contributed by atoms with Gasteiger partial charge in [0.15, 0.2) is 0 Å². The number of carbonyl (C=O) groups is 2. The predicted octanol–water partition coefficient (Wildman–Crippen LogP) is 3.07. The highest BCUT2D eigenvalue weighted by molar-refractivity contribution is 6.09. The van der Waals surface area contributed by atoms with Crippen molar-refractivity contribution in [2.75, 3.05) is 12.4 Å². The highest BCUT2D eigenvalue weighted by Gasteiger charge is 2.16. The van der Waals surface area contributed by atoms with Crippen LogP contribution in [0.25, 0.3) is 21.8 Å². The number of urea groups is 1. The summed E-state index contributed by atoms with van der Waals surface area (Å²) in [5.41, 5.74) is 3.20. The third-order valence-corrected chi connectivity index (χ3v) is 4.33. The van der Waals surface area contributed by atoms with Crippen molar-refractivity contribution in [2.45, 2.75) is 26.4 Å². The van der Waals surface area contributed by atoms with Crippen LogP contribution in [-0.2, 0) is 11.3 Å². The quantitative estimate of drug-likeness (QED) is 0.684. The number of amides is 3. The molecule has 3 aromatic rings. The molecule has 0 aliphatic carbocycles. The molecule has 6 heteroatoms. The molecule has 0 aliphatic heterocycles. The van der Waals surface area contributed by atoms with E-state index in [1.165, 1.54) is 18.0 Å². The molecule has 130 valence electrons. The highest BCUT2D eigenvalue weighted by Crippen LogP contribution is 2.31. The second kappa shape index (κ2) is 6.84. The largest absolute Gasteiger partial charge is 0.374 e. The molecule has 1 aromatic heterocycles. The first-order valence-corrected chi connectivity index (χ1v) is 8.35. The lowest BCUT2D eigenvalue weighted by molar-refractivity contribution is -0.120. The molecule has 6 nitrogen and oxygen atoms in total. The topological polar surface area (TPSA) is 75.2 Å². The molecule has 25 heavy (non-hydrogen) atoms. The Balaban J connectivity index is 1.92. The highest BCUT2D eigenvalue weighted by atomic mass is 16.2.